The first kappa shape index (κ1) is 10.0. The minimum absolute atomic E-state index is 0.243. The van der Waals surface area contributed by atoms with Crippen LogP contribution in [0.3, 0.4) is 0 Å². The third kappa shape index (κ3) is 1.60. The van der Waals surface area contributed by atoms with E-state index in [-0.39, 0.29) is 5.82 Å². The number of fused-ring (bicyclic) bond motifs is 1. The molecule has 3 rings (SSSR count). The zero-order chi connectivity index (χ0) is 11.8. The highest BCUT2D eigenvalue weighted by molar-refractivity contribution is 5.81. The summed E-state index contributed by atoms with van der Waals surface area (Å²) < 4.78 is 13.7. The van der Waals surface area contributed by atoms with Crippen molar-refractivity contribution in [3.63, 3.8) is 0 Å². The summed E-state index contributed by atoms with van der Waals surface area (Å²) >= 11 is 0. The number of nitrogens with one attached hydrogen (secondary N) is 1. The van der Waals surface area contributed by atoms with Crippen LogP contribution in [0.25, 0.3) is 22.3 Å². The molecular weight excluding hydrogens is 215 g/mol. The second kappa shape index (κ2) is 3.70. The van der Waals surface area contributed by atoms with E-state index in [9.17, 15) is 4.39 Å². The lowest BCUT2D eigenvalue weighted by atomic mass is 10.1. The van der Waals surface area contributed by atoms with Crippen molar-refractivity contribution in [2.24, 2.45) is 0 Å². The van der Waals surface area contributed by atoms with Gasteiger partial charge < -0.3 is 4.98 Å². The number of hydrogen-bond acceptors (Lipinski definition) is 1. The van der Waals surface area contributed by atoms with Crippen LogP contribution in [-0.4, -0.2) is 9.97 Å². The van der Waals surface area contributed by atoms with E-state index in [1.54, 1.807) is 12.1 Å². The van der Waals surface area contributed by atoms with Crippen molar-refractivity contribution in [2.75, 3.05) is 0 Å². The SMILES string of the molecule is Cc1c[nH]c2ccc(-c3ccccc3F)nc12. The van der Waals surface area contributed by atoms with Crippen molar-refractivity contribution in [2.45, 2.75) is 6.92 Å². The molecule has 1 aromatic carbocycles. The van der Waals surface area contributed by atoms with Crippen LogP contribution in [0.15, 0.2) is 42.6 Å². The van der Waals surface area contributed by atoms with Crippen molar-refractivity contribution >= 4 is 11.0 Å². The summed E-state index contributed by atoms with van der Waals surface area (Å²) in [6.45, 7) is 1.98. The van der Waals surface area contributed by atoms with Crippen molar-refractivity contribution in [1.82, 2.24) is 9.97 Å². The van der Waals surface area contributed by atoms with Gasteiger partial charge in [-0.25, -0.2) is 9.37 Å². The van der Waals surface area contributed by atoms with E-state index in [2.05, 4.69) is 9.97 Å². The highest BCUT2D eigenvalue weighted by Crippen LogP contribution is 2.24. The average Bonchev–Trinajstić information content (AvgIpc) is 2.71. The van der Waals surface area contributed by atoms with Crippen LogP contribution in [-0.2, 0) is 0 Å². The molecular formula is C14H11FN2. The first-order valence-corrected chi connectivity index (χ1v) is 5.45. The zero-order valence-corrected chi connectivity index (χ0v) is 9.37. The van der Waals surface area contributed by atoms with Crippen LogP contribution >= 0.6 is 0 Å². The Labute approximate surface area is 98.1 Å². The summed E-state index contributed by atoms with van der Waals surface area (Å²) in [7, 11) is 0. The van der Waals surface area contributed by atoms with Crippen LogP contribution in [0, 0.1) is 12.7 Å². The Morgan fingerprint density at radius 1 is 1.12 bits per heavy atom. The molecule has 2 nitrogen and oxygen atoms in total. The topological polar surface area (TPSA) is 28.7 Å². The molecule has 0 aliphatic carbocycles. The Kier molecular flexibility index (Phi) is 2.18. The predicted octanol–water partition coefficient (Wildman–Crippen LogP) is 3.68. The maximum Gasteiger partial charge on any atom is 0.132 e. The number of benzene rings is 1. The molecule has 0 saturated carbocycles. The Bertz CT molecular complexity index is 686. The standard InChI is InChI=1S/C14H11FN2/c1-9-8-16-13-7-6-12(17-14(9)13)10-4-2-3-5-11(10)15/h2-8,16H,1H3. The third-order valence-corrected chi connectivity index (χ3v) is 2.86. The lowest BCUT2D eigenvalue weighted by Gasteiger charge is -2.02. The molecule has 3 heteroatoms. The smallest absolute Gasteiger partial charge is 0.132 e. The molecule has 1 N–H and O–H groups in total. The predicted molar refractivity (Wildman–Crippen MR) is 66.2 cm³/mol. The van der Waals surface area contributed by atoms with Crippen molar-refractivity contribution < 1.29 is 4.39 Å². The van der Waals surface area contributed by atoms with E-state index < -0.39 is 0 Å². The van der Waals surface area contributed by atoms with Gasteiger partial charge in [-0.1, -0.05) is 12.1 Å². The number of nitrogens with zero attached hydrogens (tertiary/aromatic N) is 1. The maximum atomic E-state index is 13.7. The van der Waals surface area contributed by atoms with Crippen molar-refractivity contribution in [3.05, 3.63) is 54.0 Å². The molecule has 0 atom stereocenters. The molecule has 0 radical (unpaired) electrons. The van der Waals surface area contributed by atoms with Gasteiger partial charge in [0, 0.05) is 11.8 Å². The van der Waals surface area contributed by atoms with Gasteiger partial charge in [0.15, 0.2) is 0 Å². The van der Waals surface area contributed by atoms with Gasteiger partial charge in [-0.3, -0.25) is 0 Å². The fraction of sp³-hybridized carbons (Fsp3) is 0.0714. The van der Waals surface area contributed by atoms with E-state index in [4.69, 9.17) is 0 Å². The second-order valence-corrected chi connectivity index (χ2v) is 4.04. The molecule has 0 aliphatic rings. The summed E-state index contributed by atoms with van der Waals surface area (Å²) in [5, 5.41) is 0. The number of H-pyrrole nitrogens is 1. The van der Waals surface area contributed by atoms with Gasteiger partial charge in [-0.15, -0.1) is 0 Å². The summed E-state index contributed by atoms with van der Waals surface area (Å²) in [5.41, 5.74) is 4.14. The molecule has 0 unspecified atom stereocenters. The fourth-order valence-electron chi connectivity index (χ4n) is 1.95. The number of pyridine rings is 1. The van der Waals surface area contributed by atoms with E-state index in [1.165, 1.54) is 6.07 Å². The summed E-state index contributed by atoms with van der Waals surface area (Å²) in [5.74, 6) is -0.243. The molecule has 2 aromatic heterocycles. The highest BCUT2D eigenvalue weighted by atomic mass is 19.1. The molecule has 0 spiro atoms. The van der Waals surface area contributed by atoms with E-state index in [1.807, 2.05) is 31.3 Å². The molecule has 0 bridgehead atoms. The number of halogens is 1. The molecule has 0 fully saturated rings. The minimum Gasteiger partial charge on any atom is -0.360 e. The quantitative estimate of drug-likeness (QED) is 0.673. The number of rotatable bonds is 1. The number of aryl methyl sites for hydroxylation is 1. The number of aromatic amines is 1. The largest absolute Gasteiger partial charge is 0.360 e. The molecule has 0 amide bonds. The monoisotopic (exact) mass is 226 g/mol. The van der Waals surface area contributed by atoms with Gasteiger partial charge in [0.2, 0.25) is 0 Å². The lowest BCUT2D eigenvalue weighted by Crippen LogP contribution is -1.88. The Morgan fingerprint density at radius 2 is 1.94 bits per heavy atom. The van der Waals surface area contributed by atoms with Gasteiger partial charge in [-0.2, -0.15) is 0 Å². The normalized spacial score (nSPS) is 10.9. The molecule has 2 heterocycles. The lowest BCUT2D eigenvalue weighted by molar-refractivity contribution is 0.631. The van der Waals surface area contributed by atoms with Gasteiger partial charge in [0.05, 0.1) is 16.7 Å². The molecule has 0 aliphatic heterocycles. The van der Waals surface area contributed by atoms with E-state index in [0.717, 1.165) is 16.6 Å². The van der Waals surface area contributed by atoms with Crippen LogP contribution < -0.4 is 0 Å². The molecule has 84 valence electrons. The zero-order valence-electron chi connectivity index (χ0n) is 9.37. The average molecular weight is 226 g/mol. The molecule has 0 saturated heterocycles. The number of aromatic nitrogens is 2. The summed E-state index contributed by atoms with van der Waals surface area (Å²) in [4.78, 5) is 7.62. The van der Waals surface area contributed by atoms with Crippen LogP contribution in [0.2, 0.25) is 0 Å². The fourth-order valence-corrected chi connectivity index (χ4v) is 1.95. The van der Waals surface area contributed by atoms with Gasteiger partial charge in [0.25, 0.3) is 0 Å². The Balaban J connectivity index is 2.24. The molecule has 17 heavy (non-hydrogen) atoms. The number of hydrogen-bond donors (Lipinski definition) is 1. The first-order valence-electron chi connectivity index (χ1n) is 5.45. The third-order valence-electron chi connectivity index (χ3n) is 2.86. The van der Waals surface area contributed by atoms with Crippen molar-refractivity contribution in [1.29, 1.82) is 0 Å². The second-order valence-electron chi connectivity index (χ2n) is 4.04. The van der Waals surface area contributed by atoms with Gasteiger partial charge in [-0.05, 0) is 36.8 Å². The summed E-state index contributed by atoms with van der Waals surface area (Å²) in [6.07, 6.45) is 1.91. The van der Waals surface area contributed by atoms with Crippen LogP contribution in [0.5, 0.6) is 0 Å². The first-order chi connectivity index (χ1) is 8.25. The van der Waals surface area contributed by atoms with Gasteiger partial charge in [0.1, 0.15) is 5.82 Å². The van der Waals surface area contributed by atoms with Gasteiger partial charge >= 0.3 is 0 Å². The summed E-state index contributed by atoms with van der Waals surface area (Å²) in [6, 6.07) is 10.4. The Morgan fingerprint density at radius 3 is 2.76 bits per heavy atom. The van der Waals surface area contributed by atoms with Crippen LogP contribution in [0.4, 0.5) is 4.39 Å². The minimum atomic E-state index is -0.243. The Hall–Kier alpha value is -2.16. The van der Waals surface area contributed by atoms with E-state index in [0.29, 0.717) is 11.3 Å². The highest BCUT2D eigenvalue weighted by Gasteiger charge is 2.07. The maximum absolute atomic E-state index is 13.7. The van der Waals surface area contributed by atoms with E-state index >= 15 is 0 Å². The van der Waals surface area contributed by atoms with Crippen LogP contribution in [0.1, 0.15) is 5.56 Å². The van der Waals surface area contributed by atoms with Crippen molar-refractivity contribution in [3.8, 4) is 11.3 Å². The molecule has 3 aromatic rings.